The predicted molar refractivity (Wildman–Crippen MR) is 88.9 cm³/mol. The summed E-state index contributed by atoms with van der Waals surface area (Å²) < 4.78 is 0. The van der Waals surface area contributed by atoms with E-state index in [0.29, 0.717) is 12.0 Å². The molecule has 4 rings (SSSR count). The molecule has 0 aromatic heterocycles. The molecule has 4 aliphatic carbocycles. The number of ketones is 2. The SMILES string of the molecule is C=C1C(=O)[C@]23C(O)C[C@H]4C(C)(C)C(=O)C=C[C@]4(C)[C@H]2CCC1C3O. The fourth-order valence-corrected chi connectivity index (χ4v) is 6.65. The lowest BCUT2D eigenvalue weighted by Gasteiger charge is -2.62. The van der Waals surface area contributed by atoms with Crippen molar-refractivity contribution in [3.05, 3.63) is 24.3 Å². The summed E-state index contributed by atoms with van der Waals surface area (Å²) in [5.41, 5.74) is -1.64. The molecule has 24 heavy (non-hydrogen) atoms. The second kappa shape index (κ2) is 4.47. The summed E-state index contributed by atoms with van der Waals surface area (Å²) in [7, 11) is 0. The maximum atomic E-state index is 13.1. The predicted octanol–water partition coefficient (Wildman–Crippen LogP) is 2.05. The fourth-order valence-electron chi connectivity index (χ4n) is 6.65. The molecular formula is C20H26O4. The van der Waals surface area contributed by atoms with Gasteiger partial charge in [-0.3, -0.25) is 9.59 Å². The Hall–Kier alpha value is -1.26. The molecule has 4 nitrogen and oxygen atoms in total. The van der Waals surface area contributed by atoms with Gasteiger partial charge in [0, 0.05) is 11.3 Å². The van der Waals surface area contributed by atoms with Crippen molar-refractivity contribution in [3.8, 4) is 0 Å². The molecule has 2 bridgehead atoms. The van der Waals surface area contributed by atoms with Gasteiger partial charge in [-0.15, -0.1) is 0 Å². The van der Waals surface area contributed by atoms with Crippen molar-refractivity contribution < 1.29 is 19.8 Å². The van der Waals surface area contributed by atoms with Gasteiger partial charge in [0.15, 0.2) is 11.6 Å². The average molecular weight is 330 g/mol. The molecule has 0 amide bonds. The van der Waals surface area contributed by atoms with E-state index >= 15 is 0 Å². The minimum absolute atomic E-state index is 0.0430. The summed E-state index contributed by atoms with van der Waals surface area (Å²) in [6, 6.07) is 0. The first-order valence-electron chi connectivity index (χ1n) is 8.93. The zero-order valence-electron chi connectivity index (χ0n) is 14.6. The maximum absolute atomic E-state index is 13.1. The van der Waals surface area contributed by atoms with Crippen LogP contribution in [0.15, 0.2) is 24.3 Å². The Bertz CT molecular complexity index is 690. The van der Waals surface area contributed by atoms with Crippen LogP contribution in [0.2, 0.25) is 0 Å². The standard InChI is InChI=1S/C20H26O4/c1-10-11-5-6-12-19(4)8-7-14(21)18(2,3)13(19)9-15(22)20(12,16(10)23)17(11)24/h7-8,11-13,15,17,22,24H,1,5-6,9H2,2-4H3/t11?,12-,13+,15?,17?,19-,20-/m1/s1. The molecule has 4 heteroatoms. The largest absolute Gasteiger partial charge is 0.392 e. The van der Waals surface area contributed by atoms with E-state index in [-0.39, 0.29) is 34.7 Å². The minimum Gasteiger partial charge on any atom is -0.392 e. The third kappa shape index (κ3) is 1.49. The van der Waals surface area contributed by atoms with Crippen LogP contribution in [-0.2, 0) is 9.59 Å². The molecule has 0 aliphatic heterocycles. The van der Waals surface area contributed by atoms with Gasteiger partial charge in [-0.1, -0.05) is 33.4 Å². The number of fused-ring (bicyclic) bond motifs is 3. The van der Waals surface area contributed by atoms with E-state index in [2.05, 4.69) is 13.5 Å². The van der Waals surface area contributed by atoms with Gasteiger partial charge in [0.05, 0.1) is 17.6 Å². The second-order valence-electron chi connectivity index (χ2n) is 9.06. The molecule has 3 fully saturated rings. The molecular weight excluding hydrogens is 304 g/mol. The van der Waals surface area contributed by atoms with Crippen molar-refractivity contribution in [1.29, 1.82) is 0 Å². The van der Waals surface area contributed by atoms with Crippen LogP contribution in [0, 0.1) is 34.0 Å². The van der Waals surface area contributed by atoms with Crippen molar-refractivity contribution in [2.75, 3.05) is 0 Å². The van der Waals surface area contributed by atoms with Gasteiger partial charge in [0.2, 0.25) is 0 Å². The lowest BCUT2D eigenvalue weighted by molar-refractivity contribution is -0.205. The van der Waals surface area contributed by atoms with Crippen molar-refractivity contribution >= 4 is 11.6 Å². The average Bonchev–Trinajstić information content (AvgIpc) is 2.64. The smallest absolute Gasteiger partial charge is 0.170 e. The van der Waals surface area contributed by atoms with E-state index < -0.39 is 23.0 Å². The van der Waals surface area contributed by atoms with E-state index in [1.54, 1.807) is 6.08 Å². The molecule has 0 saturated heterocycles. The molecule has 4 aliphatic rings. The second-order valence-corrected chi connectivity index (χ2v) is 9.06. The van der Waals surface area contributed by atoms with Crippen molar-refractivity contribution in [2.45, 2.75) is 52.2 Å². The Morgan fingerprint density at radius 2 is 1.79 bits per heavy atom. The first-order valence-corrected chi connectivity index (χ1v) is 8.93. The summed E-state index contributed by atoms with van der Waals surface area (Å²) in [4.78, 5) is 25.5. The van der Waals surface area contributed by atoms with E-state index in [1.165, 1.54) is 0 Å². The quantitative estimate of drug-likeness (QED) is 0.667. The number of rotatable bonds is 0. The number of Topliss-reactive ketones (excluding diaryl/α,β-unsaturated/α-hetero) is 1. The number of carbonyl (C=O) groups excluding carboxylic acids is 2. The third-order valence-corrected chi connectivity index (χ3v) is 7.96. The number of allylic oxidation sites excluding steroid dienone is 2. The Kier molecular flexibility index (Phi) is 3.02. The first-order chi connectivity index (χ1) is 11.1. The Labute approximate surface area is 142 Å². The van der Waals surface area contributed by atoms with Crippen LogP contribution in [0.25, 0.3) is 0 Å². The van der Waals surface area contributed by atoms with Crippen molar-refractivity contribution in [3.63, 3.8) is 0 Å². The molecule has 7 atom stereocenters. The highest BCUT2D eigenvalue weighted by Crippen LogP contribution is 2.69. The molecule has 1 spiro atoms. The molecule has 0 radical (unpaired) electrons. The Morgan fingerprint density at radius 1 is 1.12 bits per heavy atom. The molecule has 0 heterocycles. The number of hydrogen-bond donors (Lipinski definition) is 2. The van der Waals surface area contributed by atoms with E-state index in [4.69, 9.17) is 0 Å². The van der Waals surface area contributed by atoms with Crippen molar-refractivity contribution in [1.82, 2.24) is 0 Å². The highest BCUT2D eigenvalue weighted by atomic mass is 16.3. The Balaban J connectivity index is 1.93. The van der Waals surface area contributed by atoms with Gasteiger partial charge in [0.1, 0.15) is 0 Å². The van der Waals surface area contributed by atoms with E-state index in [1.807, 2.05) is 19.9 Å². The highest BCUT2D eigenvalue weighted by molar-refractivity contribution is 6.04. The minimum atomic E-state index is -1.15. The summed E-state index contributed by atoms with van der Waals surface area (Å²) in [5, 5.41) is 22.0. The maximum Gasteiger partial charge on any atom is 0.170 e. The van der Waals surface area contributed by atoms with Gasteiger partial charge in [-0.25, -0.2) is 0 Å². The lowest BCUT2D eigenvalue weighted by Crippen LogP contribution is -2.67. The molecule has 3 unspecified atom stereocenters. The van der Waals surface area contributed by atoms with Gasteiger partial charge in [-0.05, 0) is 48.2 Å². The summed E-state index contributed by atoms with van der Waals surface area (Å²) in [5.74, 6) is -0.521. The van der Waals surface area contributed by atoms with Crippen LogP contribution < -0.4 is 0 Å². The lowest BCUT2D eigenvalue weighted by atomic mass is 9.41. The van der Waals surface area contributed by atoms with Crippen LogP contribution >= 0.6 is 0 Å². The normalized spacial score (nSPS) is 52.2. The summed E-state index contributed by atoms with van der Waals surface area (Å²) in [6.45, 7) is 9.89. The van der Waals surface area contributed by atoms with E-state index in [9.17, 15) is 19.8 Å². The highest BCUT2D eigenvalue weighted by Gasteiger charge is 2.73. The monoisotopic (exact) mass is 330 g/mol. The number of carbonyl (C=O) groups is 2. The van der Waals surface area contributed by atoms with Crippen LogP contribution in [0.1, 0.15) is 40.0 Å². The van der Waals surface area contributed by atoms with Gasteiger partial charge in [0.25, 0.3) is 0 Å². The first kappa shape index (κ1) is 16.2. The van der Waals surface area contributed by atoms with Crippen molar-refractivity contribution in [2.24, 2.45) is 34.0 Å². The van der Waals surface area contributed by atoms with Crippen LogP contribution in [0.5, 0.6) is 0 Å². The van der Waals surface area contributed by atoms with Gasteiger partial charge >= 0.3 is 0 Å². The van der Waals surface area contributed by atoms with Crippen LogP contribution in [-0.4, -0.2) is 34.0 Å². The topological polar surface area (TPSA) is 74.6 Å². The van der Waals surface area contributed by atoms with Crippen LogP contribution in [0.3, 0.4) is 0 Å². The molecule has 2 N–H and O–H groups in total. The number of aliphatic hydroxyl groups is 2. The zero-order chi connectivity index (χ0) is 17.7. The van der Waals surface area contributed by atoms with Crippen LogP contribution in [0.4, 0.5) is 0 Å². The Morgan fingerprint density at radius 3 is 2.46 bits per heavy atom. The number of aliphatic hydroxyl groups excluding tert-OH is 2. The molecule has 3 saturated carbocycles. The summed E-state index contributed by atoms with van der Waals surface area (Å²) in [6.07, 6.45) is 3.65. The zero-order valence-corrected chi connectivity index (χ0v) is 14.6. The molecule has 0 aromatic carbocycles. The summed E-state index contributed by atoms with van der Waals surface area (Å²) >= 11 is 0. The van der Waals surface area contributed by atoms with E-state index in [0.717, 1.165) is 12.8 Å². The fraction of sp³-hybridized carbons (Fsp3) is 0.700. The number of hydrogen-bond acceptors (Lipinski definition) is 4. The molecule has 0 aromatic rings. The van der Waals surface area contributed by atoms with Gasteiger partial charge in [-0.2, -0.15) is 0 Å². The third-order valence-electron chi connectivity index (χ3n) is 7.96. The van der Waals surface area contributed by atoms with Gasteiger partial charge < -0.3 is 10.2 Å². The molecule has 130 valence electrons.